The van der Waals surface area contributed by atoms with Crippen molar-refractivity contribution in [3.63, 3.8) is 0 Å². The van der Waals surface area contributed by atoms with Gasteiger partial charge in [-0.15, -0.1) is 0 Å². The molecule has 1 aliphatic rings. The molecule has 0 amide bonds. The van der Waals surface area contributed by atoms with Gasteiger partial charge in [-0.3, -0.25) is 0 Å². The van der Waals surface area contributed by atoms with Crippen LogP contribution in [0.5, 0.6) is 5.75 Å². The van der Waals surface area contributed by atoms with Crippen LogP contribution in [0.4, 0.5) is 4.39 Å². The van der Waals surface area contributed by atoms with Gasteiger partial charge in [-0.2, -0.15) is 0 Å². The van der Waals surface area contributed by atoms with E-state index >= 15 is 0 Å². The van der Waals surface area contributed by atoms with E-state index in [-0.39, 0.29) is 5.82 Å². The van der Waals surface area contributed by atoms with Gasteiger partial charge in [-0.25, -0.2) is 9.87 Å². The van der Waals surface area contributed by atoms with Gasteiger partial charge in [0, 0.05) is 12.6 Å². The Hall–Kier alpha value is -1.91. The lowest BCUT2D eigenvalue weighted by molar-refractivity contribution is 0.168. The molecule has 25 heavy (non-hydrogen) atoms. The standard InChI is InChI=1S/C21H26FNO2/c22-20-11-10-19(12-13-23-24)21(14-20)25-15-16-6-8-18(9-7-16)17-4-2-1-3-5-17/h6-11,14,17,23-24H,1-5,12-13,15H2. The average Bonchev–Trinajstić information content (AvgIpc) is 2.67. The molecule has 1 aliphatic carbocycles. The zero-order valence-corrected chi connectivity index (χ0v) is 14.5. The Kier molecular flexibility index (Phi) is 6.42. The Balaban J connectivity index is 1.62. The van der Waals surface area contributed by atoms with Crippen LogP contribution in [0, 0.1) is 5.82 Å². The predicted octanol–water partition coefficient (Wildman–Crippen LogP) is 4.97. The monoisotopic (exact) mass is 343 g/mol. The molecule has 0 atom stereocenters. The number of nitrogens with one attached hydrogen (secondary N) is 1. The van der Waals surface area contributed by atoms with Gasteiger partial charge in [0.2, 0.25) is 0 Å². The van der Waals surface area contributed by atoms with Crippen LogP contribution in [0.15, 0.2) is 42.5 Å². The van der Waals surface area contributed by atoms with Crippen molar-refractivity contribution in [1.29, 1.82) is 0 Å². The Bertz CT molecular complexity index is 666. The molecule has 3 rings (SSSR count). The molecule has 1 saturated carbocycles. The van der Waals surface area contributed by atoms with E-state index in [0.29, 0.717) is 31.2 Å². The fraction of sp³-hybridized carbons (Fsp3) is 0.429. The van der Waals surface area contributed by atoms with E-state index in [4.69, 9.17) is 9.94 Å². The number of halogens is 1. The summed E-state index contributed by atoms with van der Waals surface area (Å²) in [6.45, 7) is 0.812. The maximum atomic E-state index is 13.5. The first-order chi connectivity index (χ1) is 12.3. The molecule has 2 N–H and O–H groups in total. The molecule has 4 heteroatoms. The van der Waals surface area contributed by atoms with E-state index in [2.05, 4.69) is 29.7 Å². The molecule has 134 valence electrons. The third-order valence-electron chi connectivity index (χ3n) is 4.99. The molecule has 1 fully saturated rings. The van der Waals surface area contributed by atoms with Crippen LogP contribution in [-0.4, -0.2) is 11.8 Å². The van der Waals surface area contributed by atoms with Crippen molar-refractivity contribution < 1.29 is 14.3 Å². The Morgan fingerprint density at radius 3 is 2.52 bits per heavy atom. The third kappa shape index (κ3) is 5.03. The van der Waals surface area contributed by atoms with Gasteiger partial charge in [0.05, 0.1) is 0 Å². The van der Waals surface area contributed by atoms with Gasteiger partial charge in [-0.05, 0) is 47.9 Å². The quantitative estimate of drug-likeness (QED) is 0.697. The molecular formula is C21H26FNO2. The molecule has 0 saturated heterocycles. The molecule has 0 heterocycles. The van der Waals surface area contributed by atoms with Crippen molar-refractivity contribution >= 4 is 0 Å². The van der Waals surface area contributed by atoms with Crippen LogP contribution in [0.1, 0.15) is 54.7 Å². The van der Waals surface area contributed by atoms with Crippen LogP contribution >= 0.6 is 0 Å². The summed E-state index contributed by atoms with van der Waals surface area (Å²) in [5.41, 5.74) is 5.50. The zero-order chi connectivity index (χ0) is 17.5. The summed E-state index contributed by atoms with van der Waals surface area (Å²) in [7, 11) is 0. The smallest absolute Gasteiger partial charge is 0.126 e. The van der Waals surface area contributed by atoms with Crippen LogP contribution in [0.3, 0.4) is 0 Å². The van der Waals surface area contributed by atoms with Crippen LogP contribution in [0.25, 0.3) is 0 Å². The Labute approximate surface area is 148 Å². The van der Waals surface area contributed by atoms with Gasteiger partial charge in [0.15, 0.2) is 0 Å². The van der Waals surface area contributed by atoms with Gasteiger partial charge in [0.25, 0.3) is 0 Å². The van der Waals surface area contributed by atoms with Gasteiger partial charge < -0.3 is 9.94 Å². The minimum absolute atomic E-state index is 0.316. The first-order valence-electron chi connectivity index (χ1n) is 9.13. The molecule has 0 aromatic heterocycles. The molecule has 2 aromatic rings. The normalized spacial score (nSPS) is 15.3. The Morgan fingerprint density at radius 1 is 1.04 bits per heavy atom. The number of hydroxylamine groups is 1. The molecule has 0 aliphatic heterocycles. The highest BCUT2D eigenvalue weighted by Crippen LogP contribution is 2.32. The predicted molar refractivity (Wildman–Crippen MR) is 96.5 cm³/mol. The number of hydrogen-bond acceptors (Lipinski definition) is 3. The fourth-order valence-corrected chi connectivity index (χ4v) is 3.54. The topological polar surface area (TPSA) is 41.5 Å². The van der Waals surface area contributed by atoms with Crippen LogP contribution in [0.2, 0.25) is 0 Å². The first kappa shape index (κ1) is 17.9. The summed E-state index contributed by atoms with van der Waals surface area (Å²) < 4.78 is 19.3. The lowest BCUT2D eigenvalue weighted by Crippen LogP contribution is -2.12. The van der Waals surface area contributed by atoms with E-state index in [9.17, 15) is 4.39 Å². The molecule has 2 aromatic carbocycles. The average molecular weight is 343 g/mol. The van der Waals surface area contributed by atoms with E-state index in [1.54, 1.807) is 6.07 Å². The fourth-order valence-electron chi connectivity index (χ4n) is 3.54. The highest BCUT2D eigenvalue weighted by Gasteiger charge is 2.15. The zero-order valence-electron chi connectivity index (χ0n) is 14.5. The third-order valence-corrected chi connectivity index (χ3v) is 4.99. The highest BCUT2D eigenvalue weighted by atomic mass is 19.1. The maximum absolute atomic E-state index is 13.5. The number of benzene rings is 2. The maximum Gasteiger partial charge on any atom is 0.126 e. The van der Waals surface area contributed by atoms with Crippen LogP contribution in [-0.2, 0) is 13.0 Å². The second kappa shape index (κ2) is 8.97. The van der Waals surface area contributed by atoms with E-state index in [1.165, 1.54) is 49.8 Å². The molecule has 0 radical (unpaired) electrons. The molecular weight excluding hydrogens is 317 g/mol. The summed E-state index contributed by atoms with van der Waals surface area (Å²) in [6.07, 6.45) is 7.20. The van der Waals surface area contributed by atoms with Crippen molar-refractivity contribution in [1.82, 2.24) is 5.48 Å². The second-order valence-corrected chi connectivity index (χ2v) is 6.78. The minimum Gasteiger partial charge on any atom is -0.489 e. The lowest BCUT2D eigenvalue weighted by atomic mass is 9.84. The van der Waals surface area contributed by atoms with Crippen LogP contribution < -0.4 is 10.2 Å². The van der Waals surface area contributed by atoms with Gasteiger partial charge in [-0.1, -0.05) is 49.6 Å². The van der Waals surface area contributed by atoms with Crippen molar-refractivity contribution in [2.24, 2.45) is 0 Å². The lowest BCUT2D eigenvalue weighted by Gasteiger charge is -2.22. The van der Waals surface area contributed by atoms with E-state index in [1.807, 2.05) is 0 Å². The first-order valence-corrected chi connectivity index (χ1v) is 9.13. The number of hydrogen-bond donors (Lipinski definition) is 2. The van der Waals surface area contributed by atoms with Crippen molar-refractivity contribution in [2.45, 2.75) is 51.0 Å². The number of ether oxygens (including phenoxy) is 1. The summed E-state index contributed by atoms with van der Waals surface area (Å²) in [4.78, 5) is 0. The Morgan fingerprint density at radius 2 is 1.80 bits per heavy atom. The second-order valence-electron chi connectivity index (χ2n) is 6.78. The van der Waals surface area contributed by atoms with Gasteiger partial charge in [0.1, 0.15) is 18.2 Å². The highest BCUT2D eigenvalue weighted by molar-refractivity contribution is 5.35. The molecule has 0 bridgehead atoms. The largest absolute Gasteiger partial charge is 0.489 e. The summed E-state index contributed by atoms with van der Waals surface area (Å²) >= 11 is 0. The van der Waals surface area contributed by atoms with E-state index < -0.39 is 0 Å². The van der Waals surface area contributed by atoms with Crippen molar-refractivity contribution in [3.05, 3.63) is 65.0 Å². The van der Waals surface area contributed by atoms with Crippen molar-refractivity contribution in [3.8, 4) is 5.75 Å². The summed E-state index contributed by atoms with van der Waals surface area (Å²) in [6, 6.07) is 13.2. The summed E-state index contributed by atoms with van der Waals surface area (Å²) in [5.74, 6) is 0.916. The molecule has 0 spiro atoms. The van der Waals surface area contributed by atoms with Crippen molar-refractivity contribution in [2.75, 3.05) is 6.54 Å². The van der Waals surface area contributed by atoms with E-state index in [0.717, 1.165) is 11.1 Å². The van der Waals surface area contributed by atoms with Gasteiger partial charge >= 0.3 is 0 Å². The summed E-state index contributed by atoms with van der Waals surface area (Å²) in [5, 5.41) is 8.75. The SMILES string of the molecule is ONCCc1ccc(F)cc1OCc1ccc(C2CCCCC2)cc1. The minimum atomic E-state index is -0.316. The molecule has 0 unspecified atom stereocenters. The number of rotatable bonds is 7. The molecule has 3 nitrogen and oxygen atoms in total.